The largest absolute Gasteiger partial charge is 0.497 e. The third kappa shape index (κ3) is 2.07. The average molecular weight is 289 g/mol. The van der Waals surface area contributed by atoms with Crippen molar-refractivity contribution in [1.82, 2.24) is 4.90 Å². The maximum Gasteiger partial charge on any atom is 0.223 e. The minimum Gasteiger partial charge on any atom is -0.497 e. The van der Waals surface area contributed by atoms with Crippen LogP contribution in [0.3, 0.4) is 0 Å². The first-order valence-electron chi connectivity index (χ1n) is 7.11. The third-order valence-corrected chi connectivity index (χ3v) is 4.53. The van der Waals surface area contributed by atoms with Gasteiger partial charge in [-0.2, -0.15) is 0 Å². The second kappa shape index (κ2) is 5.06. The second-order valence-corrected chi connectivity index (χ2v) is 5.61. The maximum atomic E-state index is 12.2. The van der Waals surface area contributed by atoms with Gasteiger partial charge in [-0.05, 0) is 25.0 Å². The molecule has 2 aliphatic rings. The van der Waals surface area contributed by atoms with Crippen LogP contribution in [0.15, 0.2) is 12.1 Å². The zero-order valence-electron chi connectivity index (χ0n) is 12.5. The fourth-order valence-electron chi connectivity index (χ4n) is 3.50. The predicted octanol–water partition coefficient (Wildman–Crippen LogP) is 1.74. The number of ketones is 1. The van der Waals surface area contributed by atoms with Crippen LogP contribution in [-0.4, -0.2) is 37.4 Å². The summed E-state index contributed by atoms with van der Waals surface area (Å²) in [5.74, 6) is 1.27. The number of benzene rings is 1. The quantitative estimate of drug-likeness (QED) is 0.850. The van der Waals surface area contributed by atoms with Crippen molar-refractivity contribution in [2.24, 2.45) is 5.92 Å². The minimum atomic E-state index is -0.279. The zero-order valence-corrected chi connectivity index (χ0v) is 12.5. The molecule has 5 nitrogen and oxygen atoms in total. The summed E-state index contributed by atoms with van der Waals surface area (Å²) in [4.78, 5) is 25.9. The van der Waals surface area contributed by atoms with Crippen LogP contribution in [0.1, 0.15) is 30.5 Å². The van der Waals surface area contributed by atoms with Crippen molar-refractivity contribution in [3.05, 3.63) is 23.3 Å². The van der Waals surface area contributed by atoms with Crippen molar-refractivity contribution >= 4 is 11.7 Å². The van der Waals surface area contributed by atoms with Crippen LogP contribution in [0.2, 0.25) is 0 Å². The molecule has 1 fully saturated rings. The first-order valence-corrected chi connectivity index (χ1v) is 7.11. The Morgan fingerprint density at radius 1 is 1.29 bits per heavy atom. The standard InChI is InChI=1S/C16H19NO4/c1-9(18)12-8-14(19)17-5-4-10-6-11(20-2)7-13(21-3)15(10)16(12)17/h6-7,12,16H,4-5,8H2,1-3H3/t12-,16+/m0/s1. The highest BCUT2D eigenvalue weighted by Gasteiger charge is 2.46. The van der Waals surface area contributed by atoms with E-state index in [1.807, 2.05) is 17.0 Å². The molecule has 2 aliphatic heterocycles. The van der Waals surface area contributed by atoms with E-state index in [1.165, 1.54) is 0 Å². The van der Waals surface area contributed by atoms with E-state index in [-0.39, 0.29) is 23.7 Å². The number of fused-ring (bicyclic) bond motifs is 3. The molecule has 1 aromatic carbocycles. The number of rotatable bonds is 3. The number of ether oxygens (including phenoxy) is 2. The molecule has 1 amide bonds. The molecule has 112 valence electrons. The summed E-state index contributed by atoms with van der Waals surface area (Å²) < 4.78 is 10.8. The molecule has 0 saturated carbocycles. The highest BCUT2D eigenvalue weighted by atomic mass is 16.5. The Morgan fingerprint density at radius 3 is 2.67 bits per heavy atom. The van der Waals surface area contributed by atoms with E-state index < -0.39 is 0 Å². The average Bonchev–Trinajstić information content (AvgIpc) is 2.83. The molecule has 1 aromatic rings. The number of hydrogen-bond acceptors (Lipinski definition) is 4. The maximum absolute atomic E-state index is 12.2. The number of methoxy groups -OCH3 is 2. The van der Waals surface area contributed by atoms with Crippen LogP contribution in [0, 0.1) is 5.92 Å². The van der Waals surface area contributed by atoms with E-state index in [0.29, 0.717) is 18.7 Å². The first kappa shape index (κ1) is 13.9. The number of nitrogens with zero attached hydrogens (tertiary/aromatic N) is 1. The van der Waals surface area contributed by atoms with Crippen molar-refractivity contribution in [2.75, 3.05) is 20.8 Å². The van der Waals surface area contributed by atoms with Gasteiger partial charge in [-0.3, -0.25) is 9.59 Å². The Morgan fingerprint density at radius 2 is 2.05 bits per heavy atom. The van der Waals surface area contributed by atoms with E-state index >= 15 is 0 Å². The van der Waals surface area contributed by atoms with Gasteiger partial charge in [0.25, 0.3) is 0 Å². The number of amides is 1. The summed E-state index contributed by atoms with van der Waals surface area (Å²) in [5.41, 5.74) is 2.07. The van der Waals surface area contributed by atoms with Gasteiger partial charge in [0.05, 0.1) is 26.2 Å². The van der Waals surface area contributed by atoms with Crippen LogP contribution < -0.4 is 9.47 Å². The topological polar surface area (TPSA) is 55.8 Å². The minimum absolute atomic E-state index is 0.0570. The van der Waals surface area contributed by atoms with E-state index in [9.17, 15) is 9.59 Å². The molecule has 0 aromatic heterocycles. The first-order chi connectivity index (χ1) is 10.1. The lowest BCUT2D eigenvalue weighted by Crippen LogP contribution is -2.36. The van der Waals surface area contributed by atoms with Crippen LogP contribution in [0.25, 0.3) is 0 Å². The molecular weight excluding hydrogens is 270 g/mol. The van der Waals surface area contributed by atoms with Crippen molar-refractivity contribution in [3.63, 3.8) is 0 Å². The molecule has 3 rings (SSSR count). The number of carbonyl (C=O) groups excluding carboxylic acids is 2. The van der Waals surface area contributed by atoms with Crippen LogP contribution in [-0.2, 0) is 16.0 Å². The van der Waals surface area contributed by atoms with Gasteiger partial charge in [-0.25, -0.2) is 0 Å². The summed E-state index contributed by atoms with van der Waals surface area (Å²) >= 11 is 0. The van der Waals surface area contributed by atoms with Gasteiger partial charge in [-0.15, -0.1) is 0 Å². The molecule has 0 spiro atoms. The van der Waals surface area contributed by atoms with Gasteiger partial charge in [0.2, 0.25) is 5.91 Å². The second-order valence-electron chi connectivity index (χ2n) is 5.61. The van der Waals surface area contributed by atoms with Crippen LogP contribution in [0.5, 0.6) is 11.5 Å². The van der Waals surface area contributed by atoms with E-state index in [1.54, 1.807) is 21.1 Å². The number of hydrogen-bond donors (Lipinski definition) is 0. The Balaban J connectivity index is 2.15. The van der Waals surface area contributed by atoms with Gasteiger partial charge in [0, 0.05) is 24.6 Å². The van der Waals surface area contributed by atoms with Gasteiger partial charge in [-0.1, -0.05) is 0 Å². The Hall–Kier alpha value is -2.04. The SMILES string of the molecule is COc1cc2c(c(OC)c1)[C@H]1[C@H](C(C)=O)CC(=O)N1CC2. The zero-order chi connectivity index (χ0) is 15.1. The molecule has 21 heavy (non-hydrogen) atoms. The Labute approximate surface area is 123 Å². The third-order valence-electron chi connectivity index (χ3n) is 4.53. The lowest BCUT2D eigenvalue weighted by molar-refractivity contribution is -0.129. The van der Waals surface area contributed by atoms with Crippen molar-refractivity contribution < 1.29 is 19.1 Å². The molecule has 1 saturated heterocycles. The molecule has 0 radical (unpaired) electrons. The normalized spacial score (nSPS) is 23.6. The lowest BCUT2D eigenvalue weighted by atomic mass is 9.84. The fraction of sp³-hybridized carbons (Fsp3) is 0.500. The summed E-state index contributed by atoms with van der Waals surface area (Å²) in [6.45, 7) is 2.21. The molecule has 0 N–H and O–H groups in total. The lowest BCUT2D eigenvalue weighted by Gasteiger charge is -2.35. The van der Waals surface area contributed by atoms with Crippen LogP contribution >= 0.6 is 0 Å². The molecule has 0 bridgehead atoms. The van der Waals surface area contributed by atoms with Gasteiger partial charge >= 0.3 is 0 Å². The smallest absolute Gasteiger partial charge is 0.223 e. The molecule has 5 heteroatoms. The predicted molar refractivity (Wildman–Crippen MR) is 76.5 cm³/mol. The summed E-state index contributed by atoms with van der Waals surface area (Å²) in [6.07, 6.45) is 1.06. The highest BCUT2D eigenvalue weighted by Crippen LogP contribution is 2.47. The summed E-state index contributed by atoms with van der Waals surface area (Å²) in [6, 6.07) is 3.61. The van der Waals surface area contributed by atoms with Crippen molar-refractivity contribution in [1.29, 1.82) is 0 Å². The number of carbonyl (C=O) groups is 2. The van der Waals surface area contributed by atoms with E-state index in [0.717, 1.165) is 23.3 Å². The van der Waals surface area contributed by atoms with Gasteiger partial charge < -0.3 is 14.4 Å². The van der Waals surface area contributed by atoms with Gasteiger partial charge in [0.1, 0.15) is 17.3 Å². The summed E-state index contributed by atoms with van der Waals surface area (Å²) in [5, 5.41) is 0. The molecule has 2 atom stereocenters. The van der Waals surface area contributed by atoms with E-state index in [4.69, 9.17) is 9.47 Å². The van der Waals surface area contributed by atoms with Crippen molar-refractivity contribution in [2.45, 2.75) is 25.8 Å². The monoisotopic (exact) mass is 289 g/mol. The molecule has 0 unspecified atom stereocenters. The van der Waals surface area contributed by atoms with Crippen molar-refractivity contribution in [3.8, 4) is 11.5 Å². The molecule has 0 aliphatic carbocycles. The highest BCUT2D eigenvalue weighted by molar-refractivity contribution is 5.91. The summed E-state index contributed by atoms with van der Waals surface area (Å²) in [7, 11) is 3.22. The molecular formula is C16H19NO4. The van der Waals surface area contributed by atoms with Gasteiger partial charge in [0.15, 0.2) is 0 Å². The van der Waals surface area contributed by atoms with E-state index in [2.05, 4.69) is 0 Å². The van der Waals surface area contributed by atoms with Crippen LogP contribution in [0.4, 0.5) is 0 Å². The molecule has 2 heterocycles. The Kier molecular flexibility index (Phi) is 3.35. The number of Topliss-reactive ketones (excluding diaryl/α,β-unsaturated/α-hetero) is 1. The Bertz CT molecular complexity index is 593. The fourth-order valence-corrected chi connectivity index (χ4v) is 3.50.